The van der Waals surface area contributed by atoms with Gasteiger partial charge in [-0.2, -0.15) is 0 Å². The molecule has 12 heavy (non-hydrogen) atoms. The monoisotopic (exact) mass is 169 g/mol. The van der Waals surface area contributed by atoms with Gasteiger partial charge in [0.05, 0.1) is 6.54 Å². The van der Waals surface area contributed by atoms with Gasteiger partial charge in [0.1, 0.15) is 0 Å². The van der Waals surface area contributed by atoms with Crippen molar-refractivity contribution in [2.45, 2.75) is 27.2 Å². The van der Waals surface area contributed by atoms with Crippen LogP contribution >= 0.6 is 0 Å². The van der Waals surface area contributed by atoms with Gasteiger partial charge < -0.3 is 10.6 Å². The van der Waals surface area contributed by atoms with E-state index in [0.29, 0.717) is 5.41 Å². The third-order valence-electron chi connectivity index (χ3n) is 2.37. The average Bonchev–Trinajstić information content (AvgIpc) is 2.53. The minimum Gasteiger partial charge on any atom is -0.356 e. The van der Waals surface area contributed by atoms with Gasteiger partial charge in [0.25, 0.3) is 0 Å². The Morgan fingerprint density at radius 2 is 2.33 bits per heavy atom. The van der Waals surface area contributed by atoms with Gasteiger partial charge in [0.2, 0.25) is 0 Å². The van der Waals surface area contributed by atoms with Crippen LogP contribution in [0, 0.1) is 5.41 Å². The van der Waals surface area contributed by atoms with Crippen LogP contribution in [0.15, 0.2) is 4.99 Å². The SMILES string of the molecule is CCC(C)(C)CNC1=NCCN1. The lowest BCUT2D eigenvalue weighted by molar-refractivity contribution is 0.348. The molecule has 0 saturated heterocycles. The van der Waals surface area contributed by atoms with E-state index in [9.17, 15) is 0 Å². The Morgan fingerprint density at radius 1 is 1.58 bits per heavy atom. The number of rotatable bonds is 3. The molecule has 0 unspecified atom stereocenters. The van der Waals surface area contributed by atoms with Crippen molar-refractivity contribution in [3.8, 4) is 0 Å². The predicted octanol–water partition coefficient (Wildman–Crippen LogP) is 0.971. The van der Waals surface area contributed by atoms with E-state index in [1.165, 1.54) is 6.42 Å². The maximum atomic E-state index is 4.27. The van der Waals surface area contributed by atoms with Crippen molar-refractivity contribution in [3.63, 3.8) is 0 Å². The van der Waals surface area contributed by atoms with E-state index in [1.54, 1.807) is 0 Å². The summed E-state index contributed by atoms with van der Waals surface area (Å²) in [5.74, 6) is 0.969. The van der Waals surface area contributed by atoms with E-state index in [2.05, 4.69) is 36.4 Å². The number of nitrogens with zero attached hydrogens (tertiary/aromatic N) is 1. The molecule has 0 saturated carbocycles. The van der Waals surface area contributed by atoms with Crippen molar-refractivity contribution in [2.75, 3.05) is 19.6 Å². The molecule has 70 valence electrons. The fourth-order valence-corrected chi connectivity index (χ4v) is 0.964. The molecule has 1 aliphatic heterocycles. The quantitative estimate of drug-likeness (QED) is 0.660. The molecule has 0 aliphatic carbocycles. The summed E-state index contributed by atoms with van der Waals surface area (Å²) < 4.78 is 0. The van der Waals surface area contributed by atoms with Gasteiger partial charge in [0.15, 0.2) is 5.96 Å². The molecule has 1 aliphatic rings. The lowest BCUT2D eigenvalue weighted by atomic mass is 9.90. The summed E-state index contributed by atoms with van der Waals surface area (Å²) in [5.41, 5.74) is 0.368. The van der Waals surface area contributed by atoms with Crippen molar-refractivity contribution in [1.82, 2.24) is 10.6 Å². The molecular formula is C9H19N3. The fraction of sp³-hybridized carbons (Fsp3) is 0.889. The van der Waals surface area contributed by atoms with Crippen molar-refractivity contribution < 1.29 is 0 Å². The minimum atomic E-state index is 0.368. The van der Waals surface area contributed by atoms with Crippen LogP contribution in [-0.2, 0) is 0 Å². The number of nitrogens with one attached hydrogen (secondary N) is 2. The molecule has 0 amide bonds. The highest BCUT2D eigenvalue weighted by molar-refractivity contribution is 5.81. The molecular weight excluding hydrogens is 150 g/mol. The predicted molar refractivity (Wildman–Crippen MR) is 52.4 cm³/mol. The maximum absolute atomic E-state index is 4.27. The second kappa shape index (κ2) is 3.78. The summed E-state index contributed by atoms with van der Waals surface area (Å²) in [6.45, 7) is 9.62. The fourth-order valence-electron chi connectivity index (χ4n) is 0.964. The summed E-state index contributed by atoms with van der Waals surface area (Å²) >= 11 is 0. The largest absolute Gasteiger partial charge is 0.356 e. The molecule has 3 nitrogen and oxygen atoms in total. The molecule has 0 fully saturated rings. The topological polar surface area (TPSA) is 36.4 Å². The zero-order chi connectivity index (χ0) is 9.03. The Kier molecular flexibility index (Phi) is 2.95. The van der Waals surface area contributed by atoms with Crippen LogP contribution in [0.3, 0.4) is 0 Å². The van der Waals surface area contributed by atoms with Crippen molar-refractivity contribution in [3.05, 3.63) is 0 Å². The Balaban J connectivity index is 2.24. The van der Waals surface area contributed by atoms with Crippen LogP contribution in [0.25, 0.3) is 0 Å². The van der Waals surface area contributed by atoms with Gasteiger partial charge in [-0.1, -0.05) is 20.8 Å². The summed E-state index contributed by atoms with van der Waals surface area (Å²) in [7, 11) is 0. The summed E-state index contributed by atoms with van der Waals surface area (Å²) in [6, 6.07) is 0. The molecule has 0 aromatic heterocycles. The molecule has 0 aromatic rings. The van der Waals surface area contributed by atoms with E-state index in [4.69, 9.17) is 0 Å². The van der Waals surface area contributed by atoms with Gasteiger partial charge in [-0.05, 0) is 11.8 Å². The average molecular weight is 169 g/mol. The number of aliphatic imine (C=N–C) groups is 1. The number of hydrogen-bond donors (Lipinski definition) is 2. The van der Waals surface area contributed by atoms with Crippen molar-refractivity contribution in [2.24, 2.45) is 10.4 Å². The molecule has 2 N–H and O–H groups in total. The molecule has 0 atom stereocenters. The molecule has 1 rings (SSSR count). The van der Waals surface area contributed by atoms with Crippen LogP contribution in [0.4, 0.5) is 0 Å². The third kappa shape index (κ3) is 2.72. The second-order valence-corrected chi connectivity index (χ2v) is 4.03. The zero-order valence-corrected chi connectivity index (χ0v) is 8.28. The van der Waals surface area contributed by atoms with Gasteiger partial charge >= 0.3 is 0 Å². The van der Waals surface area contributed by atoms with E-state index in [1.807, 2.05) is 0 Å². The first kappa shape index (κ1) is 9.36. The maximum Gasteiger partial charge on any atom is 0.191 e. The zero-order valence-electron chi connectivity index (χ0n) is 8.28. The van der Waals surface area contributed by atoms with Crippen LogP contribution in [0.5, 0.6) is 0 Å². The Hall–Kier alpha value is -0.730. The molecule has 0 aromatic carbocycles. The summed E-state index contributed by atoms with van der Waals surface area (Å²) in [5, 5.41) is 6.50. The first-order chi connectivity index (χ1) is 5.64. The molecule has 1 heterocycles. The summed E-state index contributed by atoms with van der Waals surface area (Å²) in [4.78, 5) is 4.27. The smallest absolute Gasteiger partial charge is 0.191 e. The molecule has 0 radical (unpaired) electrons. The Labute approximate surface area is 74.6 Å². The van der Waals surface area contributed by atoms with Crippen molar-refractivity contribution >= 4 is 5.96 Å². The van der Waals surface area contributed by atoms with Crippen LogP contribution in [0.2, 0.25) is 0 Å². The number of guanidine groups is 1. The molecule has 0 bridgehead atoms. The molecule has 0 spiro atoms. The van der Waals surface area contributed by atoms with Crippen molar-refractivity contribution in [1.29, 1.82) is 0 Å². The standard InChI is InChI=1S/C9H19N3/c1-4-9(2,3)7-12-8-10-5-6-11-8/h4-7H2,1-3H3,(H2,10,11,12). The van der Waals surface area contributed by atoms with E-state index in [0.717, 1.165) is 25.6 Å². The second-order valence-electron chi connectivity index (χ2n) is 4.03. The van der Waals surface area contributed by atoms with Gasteiger partial charge in [-0.3, -0.25) is 4.99 Å². The van der Waals surface area contributed by atoms with Gasteiger partial charge in [-0.15, -0.1) is 0 Å². The first-order valence-electron chi connectivity index (χ1n) is 4.66. The highest BCUT2D eigenvalue weighted by Crippen LogP contribution is 2.17. The van der Waals surface area contributed by atoms with Crippen LogP contribution < -0.4 is 10.6 Å². The lowest BCUT2D eigenvalue weighted by Gasteiger charge is -2.23. The lowest BCUT2D eigenvalue weighted by Crippen LogP contribution is -2.39. The summed E-state index contributed by atoms with van der Waals surface area (Å²) in [6.07, 6.45) is 1.19. The van der Waals surface area contributed by atoms with Crippen LogP contribution in [0.1, 0.15) is 27.2 Å². The van der Waals surface area contributed by atoms with E-state index in [-0.39, 0.29) is 0 Å². The number of hydrogen-bond acceptors (Lipinski definition) is 3. The Bertz CT molecular complexity index is 173. The van der Waals surface area contributed by atoms with Gasteiger partial charge in [-0.25, -0.2) is 0 Å². The van der Waals surface area contributed by atoms with E-state index < -0.39 is 0 Å². The minimum absolute atomic E-state index is 0.368. The van der Waals surface area contributed by atoms with E-state index >= 15 is 0 Å². The first-order valence-corrected chi connectivity index (χ1v) is 4.66. The highest BCUT2D eigenvalue weighted by Gasteiger charge is 2.15. The van der Waals surface area contributed by atoms with Gasteiger partial charge in [0, 0.05) is 13.1 Å². The van der Waals surface area contributed by atoms with Crippen LogP contribution in [-0.4, -0.2) is 25.6 Å². The normalized spacial score (nSPS) is 17.1. The molecule has 3 heteroatoms. The Morgan fingerprint density at radius 3 is 2.83 bits per heavy atom. The highest BCUT2D eigenvalue weighted by atomic mass is 15.2. The third-order valence-corrected chi connectivity index (χ3v) is 2.37.